The van der Waals surface area contributed by atoms with Gasteiger partial charge in [-0.1, -0.05) is 47.3 Å². The zero-order valence-corrected chi connectivity index (χ0v) is 12.8. The zero-order chi connectivity index (χ0) is 15.2. The third kappa shape index (κ3) is 4.08. The molecular weight excluding hydrogens is 302 g/mol. The van der Waals surface area contributed by atoms with Gasteiger partial charge < -0.3 is 14.6 Å². The molecule has 1 atom stereocenters. The number of hydrogen-bond acceptors (Lipinski definition) is 6. The first-order chi connectivity index (χ1) is 10.8. The largest absolute Gasteiger partial charge is 0.376 e. The minimum atomic E-state index is -0.0556. The van der Waals surface area contributed by atoms with Gasteiger partial charge in [-0.2, -0.15) is 4.98 Å². The summed E-state index contributed by atoms with van der Waals surface area (Å²) in [4.78, 5) is 16.0. The van der Waals surface area contributed by atoms with Crippen molar-refractivity contribution in [2.45, 2.75) is 24.2 Å². The number of carbonyl (C=O) groups excluding carboxylic acids is 1. The molecule has 3 rings (SSSR count). The van der Waals surface area contributed by atoms with E-state index in [1.165, 1.54) is 11.8 Å². The molecule has 1 aromatic carbocycles. The molecule has 1 aliphatic rings. The minimum Gasteiger partial charge on any atom is -0.376 e. The van der Waals surface area contributed by atoms with Gasteiger partial charge in [0.2, 0.25) is 11.7 Å². The maximum absolute atomic E-state index is 11.8. The summed E-state index contributed by atoms with van der Waals surface area (Å²) in [6.45, 7) is 1.36. The lowest BCUT2D eigenvalue weighted by Crippen LogP contribution is -2.32. The van der Waals surface area contributed by atoms with Crippen molar-refractivity contribution in [3.05, 3.63) is 30.3 Å². The number of rotatable bonds is 6. The van der Waals surface area contributed by atoms with Crippen LogP contribution in [0.25, 0.3) is 11.4 Å². The fourth-order valence-corrected chi connectivity index (χ4v) is 2.78. The fraction of sp³-hybridized carbons (Fsp3) is 0.400. The second kappa shape index (κ2) is 7.42. The molecule has 1 aromatic heterocycles. The number of nitrogens with zero attached hydrogens (tertiary/aromatic N) is 2. The summed E-state index contributed by atoms with van der Waals surface area (Å²) in [6, 6.07) is 9.58. The van der Waals surface area contributed by atoms with E-state index < -0.39 is 0 Å². The van der Waals surface area contributed by atoms with E-state index in [0.717, 1.165) is 25.0 Å². The first-order valence-corrected chi connectivity index (χ1v) is 8.20. The van der Waals surface area contributed by atoms with Crippen molar-refractivity contribution in [1.82, 2.24) is 15.5 Å². The van der Waals surface area contributed by atoms with Gasteiger partial charge in [0.25, 0.3) is 5.22 Å². The van der Waals surface area contributed by atoms with Gasteiger partial charge in [0.15, 0.2) is 0 Å². The summed E-state index contributed by atoms with van der Waals surface area (Å²) in [5, 5.41) is 7.17. The van der Waals surface area contributed by atoms with Gasteiger partial charge in [-0.25, -0.2) is 0 Å². The number of benzene rings is 1. The molecule has 6 nitrogen and oxygen atoms in total. The molecule has 116 valence electrons. The molecule has 2 aromatic rings. The van der Waals surface area contributed by atoms with Crippen LogP contribution >= 0.6 is 11.8 Å². The monoisotopic (exact) mass is 319 g/mol. The SMILES string of the molecule is O=C(CSc1nc(-c2ccccc2)no1)NC[C@H]1CCCO1. The number of thioether (sulfide) groups is 1. The number of carbonyl (C=O) groups is 1. The van der Waals surface area contributed by atoms with E-state index in [1.54, 1.807) is 0 Å². The van der Waals surface area contributed by atoms with Crippen LogP contribution in [0.5, 0.6) is 0 Å². The van der Waals surface area contributed by atoms with E-state index in [9.17, 15) is 4.79 Å². The third-order valence-corrected chi connectivity index (χ3v) is 4.14. The smallest absolute Gasteiger partial charge is 0.286 e. The molecule has 1 saturated heterocycles. The highest BCUT2D eigenvalue weighted by Gasteiger charge is 2.16. The number of amides is 1. The fourth-order valence-electron chi connectivity index (χ4n) is 2.18. The Morgan fingerprint density at radius 3 is 3.00 bits per heavy atom. The van der Waals surface area contributed by atoms with Crippen LogP contribution in [-0.4, -0.2) is 41.1 Å². The Bertz CT molecular complexity index is 612. The number of ether oxygens (including phenoxy) is 1. The first kappa shape index (κ1) is 15.1. The standard InChI is InChI=1S/C15H17N3O3S/c19-13(16-9-12-7-4-8-20-12)10-22-15-17-14(18-21-15)11-5-2-1-3-6-11/h1-3,5-6,12H,4,7-10H2,(H,16,19)/t12-/m1/s1. The minimum absolute atomic E-state index is 0.0556. The average molecular weight is 319 g/mol. The van der Waals surface area contributed by atoms with Crippen molar-refractivity contribution < 1.29 is 14.1 Å². The van der Waals surface area contributed by atoms with Crippen LogP contribution in [0, 0.1) is 0 Å². The van der Waals surface area contributed by atoms with Crippen molar-refractivity contribution >= 4 is 17.7 Å². The van der Waals surface area contributed by atoms with Gasteiger partial charge in [-0.3, -0.25) is 4.79 Å². The lowest BCUT2D eigenvalue weighted by molar-refractivity contribution is -0.119. The van der Waals surface area contributed by atoms with Crippen molar-refractivity contribution in [1.29, 1.82) is 0 Å². The number of nitrogens with one attached hydrogen (secondary N) is 1. The maximum Gasteiger partial charge on any atom is 0.286 e. The summed E-state index contributed by atoms with van der Waals surface area (Å²) in [5.41, 5.74) is 0.890. The molecule has 2 heterocycles. The Hall–Kier alpha value is -1.86. The van der Waals surface area contributed by atoms with Gasteiger partial charge in [-0.05, 0) is 12.8 Å². The molecule has 0 saturated carbocycles. The normalized spacial score (nSPS) is 17.5. The molecule has 0 spiro atoms. The summed E-state index contributed by atoms with van der Waals surface area (Å²) < 4.78 is 10.6. The topological polar surface area (TPSA) is 77.2 Å². The third-order valence-electron chi connectivity index (χ3n) is 3.32. The van der Waals surface area contributed by atoms with Crippen molar-refractivity contribution in [2.75, 3.05) is 18.9 Å². The highest BCUT2D eigenvalue weighted by Crippen LogP contribution is 2.20. The second-order valence-electron chi connectivity index (χ2n) is 4.98. The predicted octanol–water partition coefficient (Wildman–Crippen LogP) is 2.12. The highest BCUT2D eigenvalue weighted by atomic mass is 32.2. The van der Waals surface area contributed by atoms with Crippen LogP contribution in [0.4, 0.5) is 0 Å². The summed E-state index contributed by atoms with van der Waals surface area (Å²) in [6.07, 6.45) is 2.24. The van der Waals surface area contributed by atoms with E-state index in [4.69, 9.17) is 9.26 Å². The van der Waals surface area contributed by atoms with E-state index in [-0.39, 0.29) is 17.8 Å². The van der Waals surface area contributed by atoms with E-state index in [1.807, 2.05) is 30.3 Å². The molecule has 1 amide bonds. The predicted molar refractivity (Wildman–Crippen MR) is 82.4 cm³/mol. The van der Waals surface area contributed by atoms with Gasteiger partial charge in [0, 0.05) is 18.7 Å². The zero-order valence-electron chi connectivity index (χ0n) is 12.0. The van der Waals surface area contributed by atoms with Crippen LogP contribution in [0.15, 0.2) is 40.1 Å². The molecular formula is C15H17N3O3S. The Morgan fingerprint density at radius 2 is 2.23 bits per heavy atom. The molecule has 0 radical (unpaired) electrons. The summed E-state index contributed by atoms with van der Waals surface area (Å²) >= 11 is 1.23. The molecule has 0 bridgehead atoms. The number of hydrogen-bond donors (Lipinski definition) is 1. The van der Waals surface area contributed by atoms with E-state index >= 15 is 0 Å². The van der Waals surface area contributed by atoms with Crippen LogP contribution in [0.3, 0.4) is 0 Å². The molecule has 1 aliphatic heterocycles. The number of aromatic nitrogens is 2. The van der Waals surface area contributed by atoms with Crippen molar-refractivity contribution in [3.8, 4) is 11.4 Å². The summed E-state index contributed by atoms with van der Waals surface area (Å²) in [7, 11) is 0. The Labute approximate surface area is 132 Å². The van der Waals surface area contributed by atoms with E-state index in [2.05, 4.69) is 15.5 Å². The van der Waals surface area contributed by atoms with Gasteiger partial charge >= 0.3 is 0 Å². The molecule has 7 heteroatoms. The van der Waals surface area contributed by atoms with Crippen LogP contribution in [0.1, 0.15) is 12.8 Å². The molecule has 0 unspecified atom stereocenters. The van der Waals surface area contributed by atoms with Crippen LogP contribution < -0.4 is 5.32 Å². The quantitative estimate of drug-likeness (QED) is 0.822. The molecule has 0 aliphatic carbocycles. The second-order valence-corrected chi connectivity index (χ2v) is 5.90. The first-order valence-electron chi connectivity index (χ1n) is 7.21. The van der Waals surface area contributed by atoms with Crippen molar-refractivity contribution in [3.63, 3.8) is 0 Å². The van der Waals surface area contributed by atoms with Crippen molar-refractivity contribution in [2.24, 2.45) is 0 Å². The van der Waals surface area contributed by atoms with Gasteiger partial charge in [0.05, 0.1) is 11.9 Å². The lowest BCUT2D eigenvalue weighted by atomic mass is 10.2. The Balaban J connectivity index is 1.45. The highest BCUT2D eigenvalue weighted by molar-refractivity contribution is 7.99. The van der Waals surface area contributed by atoms with Crippen LogP contribution in [0.2, 0.25) is 0 Å². The Kier molecular flexibility index (Phi) is 5.07. The van der Waals surface area contributed by atoms with Gasteiger partial charge in [-0.15, -0.1) is 0 Å². The molecule has 1 N–H and O–H groups in total. The Morgan fingerprint density at radius 1 is 1.36 bits per heavy atom. The maximum atomic E-state index is 11.8. The lowest BCUT2D eigenvalue weighted by Gasteiger charge is -2.09. The average Bonchev–Trinajstić information content (AvgIpc) is 3.23. The molecule has 22 heavy (non-hydrogen) atoms. The molecule has 1 fully saturated rings. The van der Waals surface area contributed by atoms with Crippen LogP contribution in [-0.2, 0) is 9.53 Å². The van der Waals surface area contributed by atoms with E-state index in [0.29, 0.717) is 17.6 Å². The van der Waals surface area contributed by atoms with Gasteiger partial charge in [0.1, 0.15) is 0 Å². The summed E-state index contributed by atoms with van der Waals surface area (Å²) in [5.74, 6) is 0.728.